The van der Waals surface area contributed by atoms with Crippen molar-refractivity contribution in [3.8, 4) is 0 Å². The van der Waals surface area contributed by atoms with Crippen LogP contribution >= 0.6 is 24.0 Å². The number of aromatic nitrogens is 2. The van der Waals surface area contributed by atoms with Crippen LogP contribution in [0.25, 0.3) is 0 Å². The number of amides is 1. The van der Waals surface area contributed by atoms with Crippen molar-refractivity contribution in [1.82, 2.24) is 24.9 Å². The van der Waals surface area contributed by atoms with Gasteiger partial charge in [-0.15, -0.1) is 24.0 Å². The van der Waals surface area contributed by atoms with Crippen molar-refractivity contribution in [1.29, 1.82) is 0 Å². The maximum Gasteiger partial charge on any atom is 0.341 e. The van der Waals surface area contributed by atoms with E-state index in [1.807, 2.05) is 4.68 Å². The molecule has 1 atom stereocenters. The fourth-order valence-electron chi connectivity index (χ4n) is 3.99. The fourth-order valence-corrected chi connectivity index (χ4v) is 3.99. The van der Waals surface area contributed by atoms with Gasteiger partial charge in [-0.05, 0) is 32.6 Å². The lowest BCUT2D eigenvalue weighted by Gasteiger charge is -2.36. The van der Waals surface area contributed by atoms with Crippen LogP contribution in [0, 0.1) is 0 Å². The van der Waals surface area contributed by atoms with Crippen molar-refractivity contribution >= 4 is 41.8 Å². The molecule has 1 aromatic rings. The number of nitrogens with zero attached hydrogens (tertiary/aromatic N) is 5. The molecular formula is C21H35IN6O3. The van der Waals surface area contributed by atoms with E-state index in [1.54, 1.807) is 38.3 Å². The number of esters is 1. The second kappa shape index (κ2) is 12.3. The molecule has 1 aromatic heterocycles. The number of ether oxygens (including phenoxy) is 1. The summed E-state index contributed by atoms with van der Waals surface area (Å²) in [5, 5.41) is 8.00. The number of halogens is 1. The molecule has 0 aromatic carbocycles. The smallest absolute Gasteiger partial charge is 0.341 e. The van der Waals surface area contributed by atoms with E-state index in [-0.39, 0.29) is 48.4 Å². The summed E-state index contributed by atoms with van der Waals surface area (Å²) in [6.07, 6.45) is 10.0. The average molecular weight is 546 g/mol. The first-order chi connectivity index (χ1) is 14.5. The molecule has 1 N–H and O–H groups in total. The summed E-state index contributed by atoms with van der Waals surface area (Å²) in [6, 6.07) is 0.556. The number of hydrogen-bond acceptors (Lipinski definition) is 5. The topological polar surface area (TPSA) is 92.1 Å². The quantitative estimate of drug-likeness (QED) is 0.255. The minimum Gasteiger partial charge on any atom is -0.462 e. The Bertz CT molecular complexity index is 760. The van der Waals surface area contributed by atoms with Crippen LogP contribution in [0.15, 0.2) is 17.4 Å². The number of guanidine groups is 1. The summed E-state index contributed by atoms with van der Waals surface area (Å²) in [4.78, 5) is 32.5. The molecule has 10 heteroatoms. The number of piperidine rings is 1. The lowest BCUT2D eigenvalue weighted by molar-refractivity contribution is -0.127. The van der Waals surface area contributed by atoms with Crippen LogP contribution in [-0.2, 0) is 9.53 Å². The predicted octanol–water partition coefficient (Wildman–Crippen LogP) is 2.29. The Morgan fingerprint density at radius 1 is 1.26 bits per heavy atom. The normalized spacial score (nSPS) is 19.6. The molecule has 0 radical (unpaired) electrons. The molecule has 1 aliphatic heterocycles. The summed E-state index contributed by atoms with van der Waals surface area (Å²) >= 11 is 0. The molecule has 1 unspecified atom stereocenters. The molecule has 1 saturated carbocycles. The van der Waals surface area contributed by atoms with E-state index < -0.39 is 0 Å². The van der Waals surface area contributed by atoms with Gasteiger partial charge in [-0.1, -0.05) is 12.8 Å². The van der Waals surface area contributed by atoms with Crippen LogP contribution < -0.4 is 5.32 Å². The van der Waals surface area contributed by atoms with Crippen molar-refractivity contribution in [2.45, 2.75) is 57.5 Å². The number of aliphatic imine (C=N–C) groups is 1. The van der Waals surface area contributed by atoms with E-state index in [0.29, 0.717) is 18.2 Å². The van der Waals surface area contributed by atoms with Gasteiger partial charge in [-0.2, -0.15) is 5.10 Å². The predicted molar refractivity (Wildman–Crippen MR) is 130 cm³/mol. The molecule has 0 spiro atoms. The minimum absolute atomic E-state index is 0. The van der Waals surface area contributed by atoms with E-state index in [9.17, 15) is 9.59 Å². The molecule has 0 bridgehead atoms. The van der Waals surface area contributed by atoms with Crippen LogP contribution in [0.5, 0.6) is 0 Å². The lowest BCUT2D eigenvalue weighted by atomic mass is 10.1. The number of nitrogens with one attached hydrogen (secondary N) is 1. The van der Waals surface area contributed by atoms with Gasteiger partial charge in [0, 0.05) is 39.4 Å². The van der Waals surface area contributed by atoms with Gasteiger partial charge in [0.15, 0.2) is 5.96 Å². The van der Waals surface area contributed by atoms with E-state index in [1.165, 1.54) is 12.8 Å². The molecule has 174 valence electrons. The molecule has 2 heterocycles. The standard InChI is InChI=1S/C21H34N6O3.HI/c1-4-30-20(29)16-12-23-27(14-16)18-10-7-11-26(15-18)21(22-13-19(28)25(2)3)24-17-8-5-6-9-17;/h12,14,17-18H,4-11,13,15H2,1-3H3,(H,22,24);1H. The van der Waals surface area contributed by atoms with Crippen LogP contribution in [0.4, 0.5) is 0 Å². The summed E-state index contributed by atoms with van der Waals surface area (Å²) < 4.78 is 6.93. The van der Waals surface area contributed by atoms with Gasteiger partial charge < -0.3 is 19.9 Å². The van der Waals surface area contributed by atoms with E-state index >= 15 is 0 Å². The largest absolute Gasteiger partial charge is 0.462 e. The van der Waals surface area contributed by atoms with Crippen molar-refractivity contribution in [3.63, 3.8) is 0 Å². The highest BCUT2D eigenvalue weighted by Crippen LogP contribution is 2.23. The first kappa shape index (κ1) is 25.4. The summed E-state index contributed by atoms with van der Waals surface area (Å²) in [5.41, 5.74) is 0.475. The zero-order valence-corrected chi connectivity index (χ0v) is 21.1. The zero-order chi connectivity index (χ0) is 21.5. The lowest BCUT2D eigenvalue weighted by Crippen LogP contribution is -2.50. The van der Waals surface area contributed by atoms with Crippen LogP contribution in [-0.4, -0.2) is 83.8 Å². The zero-order valence-electron chi connectivity index (χ0n) is 18.7. The van der Waals surface area contributed by atoms with E-state index in [4.69, 9.17) is 4.74 Å². The Hall–Kier alpha value is -1.85. The highest BCUT2D eigenvalue weighted by Gasteiger charge is 2.27. The van der Waals surface area contributed by atoms with Gasteiger partial charge in [0.1, 0.15) is 6.54 Å². The third-order valence-corrected chi connectivity index (χ3v) is 5.73. The molecule has 1 amide bonds. The number of carbonyl (C=O) groups is 2. The second-order valence-electron chi connectivity index (χ2n) is 8.23. The van der Waals surface area contributed by atoms with Crippen molar-refractivity contribution < 1.29 is 14.3 Å². The maximum atomic E-state index is 12.1. The van der Waals surface area contributed by atoms with E-state index in [2.05, 4.69) is 20.3 Å². The summed E-state index contributed by atoms with van der Waals surface area (Å²) in [5.74, 6) is 0.448. The number of likely N-dealkylation sites (N-methyl/N-ethyl adjacent to an activating group) is 1. The van der Waals surface area contributed by atoms with Gasteiger partial charge in [-0.25, -0.2) is 9.79 Å². The highest BCUT2D eigenvalue weighted by atomic mass is 127. The summed E-state index contributed by atoms with van der Waals surface area (Å²) in [6.45, 7) is 3.90. The highest BCUT2D eigenvalue weighted by molar-refractivity contribution is 14.0. The van der Waals surface area contributed by atoms with Gasteiger partial charge in [0.05, 0.1) is 24.4 Å². The first-order valence-electron chi connectivity index (χ1n) is 10.9. The Kier molecular flexibility index (Phi) is 10.0. The van der Waals surface area contributed by atoms with E-state index in [0.717, 1.165) is 44.7 Å². The molecular weight excluding hydrogens is 511 g/mol. The third-order valence-electron chi connectivity index (χ3n) is 5.73. The average Bonchev–Trinajstić information content (AvgIpc) is 3.43. The Morgan fingerprint density at radius 3 is 2.68 bits per heavy atom. The van der Waals surface area contributed by atoms with Crippen LogP contribution in [0.2, 0.25) is 0 Å². The Balaban J connectivity index is 0.00000341. The minimum atomic E-state index is -0.344. The van der Waals surface area contributed by atoms with Crippen LogP contribution in [0.1, 0.15) is 61.8 Å². The van der Waals surface area contributed by atoms with Gasteiger partial charge in [0.2, 0.25) is 5.91 Å². The molecule has 1 aliphatic carbocycles. The van der Waals surface area contributed by atoms with Crippen molar-refractivity contribution in [2.75, 3.05) is 40.3 Å². The third kappa shape index (κ3) is 7.08. The molecule has 3 rings (SSSR count). The molecule has 1 saturated heterocycles. The molecule has 2 aliphatic rings. The molecule has 31 heavy (non-hydrogen) atoms. The van der Waals surface area contributed by atoms with Crippen molar-refractivity contribution in [3.05, 3.63) is 18.0 Å². The number of hydrogen-bond donors (Lipinski definition) is 1. The number of rotatable bonds is 6. The molecule has 9 nitrogen and oxygen atoms in total. The van der Waals surface area contributed by atoms with Gasteiger partial charge >= 0.3 is 5.97 Å². The van der Waals surface area contributed by atoms with Crippen LogP contribution in [0.3, 0.4) is 0 Å². The first-order valence-corrected chi connectivity index (χ1v) is 10.9. The number of likely N-dealkylation sites (tertiary alicyclic amines) is 1. The number of carbonyl (C=O) groups excluding carboxylic acids is 2. The maximum absolute atomic E-state index is 12.1. The Morgan fingerprint density at radius 2 is 2.00 bits per heavy atom. The second-order valence-corrected chi connectivity index (χ2v) is 8.23. The van der Waals surface area contributed by atoms with Gasteiger partial charge in [-0.3, -0.25) is 9.48 Å². The monoisotopic (exact) mass is 546 g/mol. The van der Waals surface area contributed by atoms with Gasteiger partial charge in [0.25, 0.3) is 0 Å². The summed E-state index contributed by atoms with van der Waals surface area (Å²) in [7, 11) is 3.50. The molecule has 2 fully saturated rings. The fraction of sp³-hybridized carbons (Fsp3) is 0.714. The SMILES string of the molecule is CCOC(=O)c1cnn(C2CCCN(C(=NCC(=O)N(C)C)NC3CCCC3)C2)c1.I. The van der Waals surface area contributed by atoms with Crippen molar-refractivity contribution in [2.24, 2.45) is 4.99 Å². The Labute approximate surface area is 201 Å².